The van der Waals surface area contributed by atoms with Crippen molar-refractivity contribution in [2.75, 3.05) is 6.54 Å². The molecule has 1 heterocycles. The second-order valence-electron chi connectivity index (χ2n) is 4.36. The lowest BCUT2D eigenvalue weighted by Gasteiger charge is -2.04. The van der Waals surface area contributed by atoms with Crippen LogP contribution in [0.1, 0.15) is 28.6 Å². The molecule has 0 aliphatic rings. The van der Waals surface area contributed by atoms with Crippen molar-refractivity contribution >= 4 is 27.4 Å². The lowest BCUT2D eigenvalue weighted by molar-refractivity contribution is 0.0701. The molecular formula is C15H16FNO2S. The molecule has 1 aromatic carbocycles. The minimum Gasteiger partial charge on any atom is -0.477 e. The molecule has 0 fully saturated rings. The Balaban J connectivity index is 2.29. The third kappa shape index (κ3) is 3.05. The zero-order valence-corrected chi connectivity index (χ0v) is 12.0. The third-order valence-electron chi connectivity index (χ3n) is 2.98. The van der Waals surface area contributed by atoms with Gasteiger partial charge in [-0.15, -0.1) is 11.3 Å². The number of thiophene rings is 1. The average Bonchev–Trinajstić information content (AvgIpc) is 2.79. The highest BCUT2D eigenvalue weighted by atomic mass is 32.1. The van der Waals surface area contributed by atoms with E-state index in [1.165, 1.54) is 6.07 Å². The maximum atomic E-state index is 13.9. The zero-order valence-electron chi connectivity index (χ0n) is 11.1. The Hall–Kier alpha value is -1.72. The first-order valence-electron chi connectivity index (χ1n) is 6.40. The normalized spacial score (nSPS) is 11.5. The fourth-order valence-electron chi connectivity index (χ4n) is 2.07. The van der Waals surface area contributed by atoms with Gasteiger partial charge in [0.25, 0.3) is 0 Å². The van der Waals surface area contributed by atoms with Gasteiger partial charge in [-0.2, -0.15) is 0 Å². The summed E-state index contributed by atoms with van der Waals surface area (Å²) in [5.41, 5.74) is 0.538. The molecule has 0 saturated carbocycles. The number of aromatic carboxylic acids is 1. The maximum absolute atomic E-state index is 13.9. The van der Waals surface area contributed by atoms with Crippen molar-refractivity contribution in [3.05, 3.63) is 46.6 Å². The van der Waals surface area contributed by atoms with Crippen LogP contribution in [0.5, 0.6) is 0 Å². The van der Waals surface area contributed by atoms with E-state index >= 15 is 0 Å². The minimum absolute atomic E-state index is 0.212. The van der Waals surface area contributed by atoms with Crippen molar-refractivity contribution in [2.24, 2.45) is 0 Å². The molecule has 0 amide bonds. The topological polar surface area (TPSA) is 49.3 Å². The number of halogens is 1. The number of carbonyl (C=O) groups is 1. The number of allylic oxidation sites excluding steroid dienone is 1. The summed E-state index contributed by atoms with van der Waals surface area (Å²) in [6, 6.07) is 4.71. The summed E-state index contributed by atoms with van der Waals surface area (Å²) in [5, 5.41) is 12.8. The van der Waals surface area contributed by atoms with Gasteiger partial charge in [0.2, 0.25) is 0 Å². The number of rotatable bonds is 6. The molecule has 3 nitrogen and oxygen atoms in total. The largest absolute Gasteiger partial charge is 0.477 e. The van der Waals surface area contributed by atoms with Gasteiger partial charge in [-0.1, -0.05) is 18.2 Å². The Morgan fingerprint density at radius 3 is 3.00 bits per heavy atom. The van der Waals surface area contributed by atoms with Crippen molar-refractivity contribution in [3.63, 3.8) is 0 Å². The minimum atomic E-state index is -1.00. The number of carboxylic acids is 1. The lowest BCUT2D eigenvalue weighted by atomic mass is 10.1. The molecule has 20 heavy (non-hydrogen) atoms. The molecule has 0 aliphatic carbocycles. The quantitative estimate of drug-likeness (QED) is 0.629. The smallest absolute Gasteiger partial charge is 0.346 e. The van der Waals surface area contributed by atoms with Gasteiger partial charge in [0.1, 0.15) is 10.7 Å². The van der Waals surface area contributed by atoms with E-state index in [0.29, 0.717) is 22.2 Å². The van der Waals surface area contributed by atoms with Crippen LogP contribution in [0.2, 0.25) is 0 Å². The summed E-state index contributed by atoms with van der Waals surface area (Å²) in [5.74, 6) is -1.37. The van der Waals surface area contributed by atoms with E-state index in [9.17, 15) is 14.3 Å². The monoisotopic (exact) mass is 293 g/mol. The van der Waals surface area contributed by atoms with Crippen LogP contribution >= 0.6 is 11.3 Å². The highest BCUT2D eigenvalue weighted by Gasteiger charge is 2.19. The predicted molar refractivity (Wildman–Crippen MR) is 79.9 cm³/mol. The zero-order chi connectivity index (χ0) is 14.5. The highest BCUT2D eigenvalue weighted by Crippen LogP contribution is 2.33. The molecule has 0 radical (unpaired) electrons. The van der Waals surface area contributed by atoms with Gasteiger partial charge in [0.15, 0.2) is 0 Å². The van der Waals surface area contributed by atoms with E-state index in [2.05, 4.69) is 5.32 Å². The standard InChI is InChI=1S/C15H16FNO2S/c1-2-3-4-8-17-9-10-13-11(16)6-5-7-12(13)20-14(10)15(18)19/h2-3,5-7,17H,4,8-9H2,1H3,(H,18,19)/b3-2+. The Labute approximate surface area is 120 Å². The molecule has 2 aromatic rings. The summed E-state index contributed by atoms with van der Waals surface area (Å²) in [6.45, 7) is 3.04. The molecular weight excluding hydrogens is 277 g/mol. The van der Waals surface area contributed by atoms with Crippen molar-refractivity contribution in [2.45, 2.75) is 19.9 Å². The Morgan fingerprint density at radius 2 is 2.30 bits per heavy atom. The van der Waals surface area contributed by atoms with E-state index in [-0.39, 0.29) is 10.7 Å². The first-order valence-corrected chi connectivity index (χ1v) is 7.22. The van der Waals surface area contributed by atoms with Gasteiger partial charge < -0.3 is 10.4 Å². The van der Waals surface area contributed by atoms with Crippen molar-refractivity contribution < 1.29 is 14.3 Å². The SMILES string of the molecule is C/C=C/CCNCc1c(C(=O)O)sc2cccc(F)c12. The maximum Gasteiger partial charge on any atom is 0.346 e. The van der Waals surface area contributed by atoms with Gasteiger partial charge in [0.05, 0.1) is 0 Å². The average molecular weight is 293 g/mol. The summed E-state index contributed by atoms with van der Waals surface area (Å²) in [7, 11) is 0. The first-order chi connectivity index (χ1) is 9.65. The molecule has 5 heteroatoms. The third-order valence-corrected chi connectivity index (χ3v) is 4.17. The lowest BCUT2D eigenvalue weighted by Crippen LogP contribution is -2.15. The van der Waals surface area contributed by atoms with Crippen LogP contribution in [0.4, 0.5) is 4.39 Å². The van der Waals surface area contributed by atoms with Crippen molar-refractivity contribution in [3.8, 4) is 0 Å². The Kier molecular flexibility index (Phi) is 4.87. The summed E-state index contributed by atoms with van der Waals surface area (Å²) in [4.78, 5) is 11.5. The molecule has 106 valence electrons. The highest BCUT2D eigenvalue weighted by molar-refractivity contribution is 7.21. The van der Waals surface area contributed by atoms with Crippen LogP contribution in [0.25, 0.3) is 10.1 Å². The first kappa shape index (κ1) is 14.7. The number of carboxylic acid groups (broad SMARTS) is 1. The van der Waals surface area contributed by atoms with Gasteiger partial charge in [-0.05, 0) is 32.0 Å². The van der Waals surface area contributed by atoms with E-state index in [1.54, 1.807) is 12.1 Å². The van der Waals surface area contributed by atoms with Gasteiger partial charge >= 0.3 is 5.97 Å². The fourth-order valence-corrected chi connectivity index (χ4v) is 3.15. The van der Waals surface area contributed by atoms with Crippen molar-refractivity contribution in [1.82, 2.24) is 5.32 Å². The molecule has 0 spiro atoms. The van der Waals surface area contributed by atoms with Crippen LogP contribution in [0, 0.1) is 5.82 Å². The predicted octanol–water partition coefficient (Wildman–Crippen LogP) is 3.79. The van der Waals surface area contributed by atoms with Crippen LogP contribution < -0.4 is 5.32 Å². The van der Waals surface area contributed by atoms with Crippen molar-refractivity contribution in [1.29, 1.82) is 0 Å². The molecule has 0 aliphatic heterocycles. The summed E-state index contributed by atoms with van der Waals surface area (Å²) < 4.78 is 14.6. The second kappa shape index (κ2) is 6.63. The van der Waals surface area contributed by atoms with Crippen LogP contribution in [-0.2, 0) is 6.54 Å². The van der Waals surface area contributed by atoms with E-state index in [4.69, 9.17) is 0 Å². The Morgan fingerprint density at radius 1 is 1.50 bits per heavy atom. The van der Waals surface area contributed by atoms with Crippen LogP contribution in [0.3, 0.4) is 0 Å². The number of hydrogen-bond donors (Lipinski definition) is 2. The van der Waals surface area contributed by atoms with Gasteiger partial charge in [0, 0.05) is 22.2 Å². The van der Waals surface area contributed by atoms with Crippen LogP contribution in [-0.4, -0.2) is 17.6 Å². The van der Waals surface area contributed by atoms with E-state index in [1.807, 2.05) is 19.1 Å². The van der Waals surface area contributed by atoms with Gasteiger partial charge in [-0.3, -0.25) is 0 Å². The molecule has 2 rings (SSSR count). The fraction of sp³-hybridized carbons (Fsp3) is 0.267. The summed E-state index contributed by atoms with van der Waals surface area (Å²) >= 11 is 1.12. The molecule has 0 unspecified atom stereocenters. The molecule has 0 atom stereocenters. The molecule has 2 N–H and O–H groups in total. The van der Waals surface area contributed by atoms with E-state index in [0.717, 1.165) is 24.3 Å². The van der Waals surface area contributed by atoms with E-state index < -0.39 is 5.97 Å². The summed E-state index contributed by atoms with van der Waals surface area (Å²) in [6.07, 6.45) is 4.85. The molecule has 1 aromatic heterocycles. The Bertz CT molecular complexity index is 649. The number of hydrogen-bond acceptors (Lipinski definition) is 3. The molecule has 0 bridgehead atoms. The number of nitrogens with one attached hydrogen (secondary N) is 1. The second-order valence-corrected chi connectivity index (χ2v) is 5.41. The number of fused-ring (bicyclic) bond motifs is 1. The van der Waals surface area contributed by atoms with Gasteiger partial charge in [-0.25, -0.2) is 9.18 Å². The molecule has 0 saturated heterocycles. The van der Waals surface area contributed by atoms with Crippen LogP contribution in [0.15, 0.2) is 30.4 Å². The number of benzene rings is 1.